The molecule has 0 amide bonds. The van der Waals surface area contributed by atoms with Crippen LogP contribution in [-0.2, 0) is 16.0 Å². The maximum absolute atomic E-state index is 10.2. The standard InChI is InChI=1S/C6H7NO3S/c8-11(9,10)6-7-4-2-1-3-5-7/h1-5H,6H2. The zero-order valence-corrected chi connectivity index (χ0v) is 6.49. The van der Waals surface area contributed by atoms with Crippen molar-refractivity contribution in [3.8, 4) is 0 Å². The summed E-state index contributed by atoms with van der Waals surface area (Å²) in [5.41, 5.74) is 0. The predicted molar refractivity (Wildman–Crippen MR) is 36.3 cm³/mol. The van der Waals surface area contributed by atoms with Gasteiger partial charge in [-0.3, -0.25) is 0 Å². The van der Waals surface area contributed by atoms with Gasteiger partial charge in [-0.05, 0) is 0 Å². The summed E-state index contributed by atoms with van der Waals surface area (Å²) in [4.78, 5) is 0. The highest BCUT2D eigenvalue weighted by atomic mass is 32.2. The highest BCUT2D eigenvalue weighted by molar-refractivity contribution is 7.84. The monoisotopic (exact) mass is 173 g/mol. The van der Waals surface area contributed by atoms with Crippen molar-refractivity contribution in [3.63, 3.8) is 0 Å². The van der Waals surface area contributed by atoms with E-state index in [1.807, 2.05) is 0 Å². The molecule has 1 aromatic heterocycles. The Morgan fingerprint density at radius 2 is 1.73 bits per heavy atom. The Kier molecular flexibility index (Phi) is 2.21. The van der Waals surface area contributed by atoms with Crippen LogP contribution in [0.25, 0.3) is 0 Å². The Morgan fingerprint density at radius 3 is 2.18 bits per heavy atom. The van der Waals surface area contributed by atoms with Gasteiger partial charge in [0, 0.05) is 12.1 Å². The van der Waals surface area contributed by atoms with E-state index < -0.39 is 16.0 Å². The van der Waals surface area contributed by atoms with Crippen molar-refractivity contribution < 1.29 is 17.5 Å². The van der Waals surface area contributed by atoms with Gasteiger partial charge in [0.05, 0.1) is 0 Å². The summed E-state index contributed by atoms with van der Waals surface area (Å²) in [6, 6.07) is 5.06. The van der Waals surface area contributed by atoms with Crippen LogP contribution >= 0.6 is 0 Å². The molecule has 60 valence electrons. The van der Waals surface area contributed by atoms with Crippen molar-refractivity contribution in [1.82, 2.24) is 0 Å². The molecule has 4 nitrogen and oxygen atoms in total. The zero-order valence-electron chi connectivity index (χ0n) is 5.67. The lowest BCUT2D eigenvalue weighted by atomic mass is 10.5. The molecule has 1 aromatic rings. The molecule has 0 aliphatic carbocycles. The summed E-state index contributed by atoms with van der Waals surface area (Å²) in [6.07, 6.45) is 3.05. The molecule has 5 heteroatoms. The first-order valence-electron chi connectivity index (χ1n) is 2.95. The third kappa shape index (κ3) is 3.10. The van der Waals surface area contributed by atoms with Gasteiger partial charge in [0.1, 0.15) is 0 Å². The second-order valence-corrected chi connectivity index (χ2v) is 3.45. The SMILES string of the molecule is O=S(=O)([O-])C[n+]1ccccc1. The van der Waals surface area contributed by atoms with Crippen LogP contribution in [0.4, 0.5) is 0 Å². The number of aromatic nitrogens is 1. The molecule has 1 rings (SSSR count). The third-order valence-corrected chi connectivity index (χ3v) is 1.70. The van der Waals surface area contributed by atoms with Gasteiger partial charge in [-0.15, -0.1) is 0 Å². The number of nitrogens with zero attached hydrogens (tertiary/aromatic N) is 1. The molecule has 0 aliphatic rings. The summed E-state index contributed by atoms with van der Waals surface area (Å²) in [6.45, 7) is 0. The second-order valence-electron chi connectivity index (χ2n) is 2.08. The number of rotatable bonds is 2. The normalized spacial score (nSPS) is 11.4. The fraction of sp³-hybridized carbons (Fsp3) is 0.167. The fourth-order valence-electron chi connectivity index (χ4n) is 0.703. The lowest BCUT2D eigenvalue weighted by molar-refractivity contribution is -0.678. The van der Waals surface area contributed by atoms with Crippen LogP contribution in [0.5, 0.6) is 0 Å². The fourth-order valence-corrected chi connectivity index (χ4v) is 1.24. The Balaban J connectivity index is 2.82. The first-order valence-corrected chi connectivity index (χ1v) is 4.53. The summed E-state index contributed by atoms with van der Waals surface area (Å²) < 4.78 is 32.0. The van der Waals surface area contributed by atoms with Gasteiger partial charge in [-0.25, -0.2) is 8.42 Å². The van der Waals surface area contributed by atoms with E-state index in [9.17, 15) is 13.0 Å². The summed E-state index contributed by atoms with van der Waals surface area (Å²) >= 11 is 0. The van der Waals surface area contributed by atoms with Crippen molar-refractivity contribution in [1.29, 1.82) is 0 Å². The molecule has 0 aliphatic heterocycles. The van der Waals surface area contributed by atoms with E-state index in [-0.39, 0.29) is 0 Å². The van der Waals surface area contributed by atoms with Gasteiger partial charge in [0.25, 0.3) is 0 Å². The Hall–Kier alpha value is -0.940. The number of pyridine rings is 1. The lowest BCUT2D eigenvalue weighted by Gasteiger charge is -2.00. The highest BCUT2D eigenvalue weighted by Crippen LogP contribution is 1.82. The Bertz CT molecular complexity index is 319. The molecule has 0 fully saturated rings. The van der Waals surface area contributed by atoms with Crippen molar-refractivity contribution in [2.75, 3.05) is 0 Å². The second kappa shape index (κ2) is 2.98. The van der Waals surface area contributed by atoms with Crippen LogP contribution in [0.2, 0.25) is 0 Å². The molecular formula is C6H7NO3S. The van der Waals surface area contributed by atoms with E-state index in [1.165, 1.54) is 17.0 Å². The molecule has 0 atom stereocenters. The zero-order chi connectivity index (χ0) is 8.32. The molecule has 0 aromatic carbocycles. The molecule has 0 radical (unpaired) electrons. The van der Waals surface area contributed by atoms with Crippen molar-refractivity contribution in [2.24, 2.45) is 0 Å². The number of hydrogen-bond acceptors (Lipinski definition) is 3. The van der Waals surface area contributed by atoms with E-state index >= 15 is 0 Å². The molecule has 1 heterocycles. The van der Waals surface area contributed by atoms with E-state index in [0.29, 0.717) is 0 Å². The van der Waals surface area contributed by atoms with Gasteiger partial charge in [0.2, 0.25) is 5.88 Å². The lowest BCUT2D eigenvalue weighted by Crippen LogP contribution is -2.36. The van der Waals surface area contributed by atoms with Gasteiger partial charge >= 0.3 is 0 Å². The van der Waals surface area contributed by atoms with Gasteiger partial charge in [0.15, 0.2) is 22.5 Å². The average Bonchev–Trinajstić information content (AvgIpc) is 1.85. The largest absolute Gasteiger partial charge is 0.743 e. The minimum absolute atomic E-state index is 0.506. The van der Waals surface area contributed by atoms with Gasteiger partial charge in [-0.1, -0.05) is 6.07 Å². The van der Waals surface area contributed by atoms with Crippen molar-refractivity contribution in [2.45, 2.75) is 5.88 Å². The third-order valence-electron chi connectivity index (χ3n) is 1.08. The molecule has 0 saturated heterocycles. The summed E-state index contributed by atoms with van der Waals surface area (Å²) in [5.74, 6) is -0.506. The van der Waals surface area contributed by atoms with E-state index in [1.54, 1.807) is 18.2 Å². The molecule has 11 heavy (non-hydrogen) atoms. The Labute approximate surface area is 64.9 Å². The van der Waals surface area contributed by atoms with E-state index in [4.69, 9.17) is 0 Å². The summed E-state index contributed by atoms with van der Waals surface area (Å²) in [5, 5.41) is 0. The molecule has 0 unspecified atom stereocenters. The predicted octanol–water partition coefficient (Wildman–Crippen LogP) is -0.523. The van der Waals surface area contributed by atoms with E-state index in [0.717, 1.165) is 0 Å². The first kappa shape index (κ1) is 8.16. The topological polar surface area (TPSA) is 61.1 Å². The van der Waals surface area contributed by atoms with Crippen LogP contribution in [0, 0.1) is 0 Å². The number of hydrogen-bond donors (Lipinski definition) is 0. The van der Waals surface area contributed by atoms with Crippen LogP contribution in [0.1, 0.15) is 0 Å². The smallest absolute Gasteiger partial charge is 0.236 e. The molecule has 0 saturated carbocycles. The molecular weight excluding hydrogens is 166 g/mol. The van der Waals surface area contributed by atoms with Gasteiger partial charge in [-0.2, -0.15) is 4.57 Å². The Morgan fingerprint density at radius 1 is 1.18 bits per heavy atom. The van der Waals surface area contributed by atoms with E-state index in [2.05, 4.69) is 0 Å². The molecule has 0 spiro atoms. The maximum Gasteiger partial charge on any atom is 0.236 e. The minimum Gasteiger partial charge on any atom is -0.743 e. The first-order chi connectivity index (χ1) is 5.08. The van der Waals surface area contributed by atoms with Crippen LogP contribution in [-0.4, -0.2) is 13.0 Å². The molecule has 0 bridgehead atoms. The van der Waals surface area contributed by atoms with Crippen LogP contribution < -0.4 is 4.57 Å². The highest BCUT2D eigenvalue weighted by Gasteiger charge is 2.02. The minimum atomic E-state index is -4.16. The van der Waals surface area contributed by atoms with Crippen LogP contribution in [0.15, 0.2) is 30.6 Å². The molecule has 0 N–H and O–H groups in total. The van der Waals surface area contributed by atoms with Crippen molar-refractivity contribution >= 4 is 10.1 Å². The van der Waals surface area contributed by atoms with Gasteiger partial charge < -0.3 is 4.55 Å². The summed E-state index contributed by atoms with van der Waals surface area (Å²) in [7, 11) is -4.16. The maximum atomic E-state index is 10.2. The quantitative estimate of drug-likeness (QED) is 0.446. The average molecular weight is 173 g/mol. The van der Waals surface area contributed by atoms with Crippen LogP contribution in [0.3, 0.4) is 0 Å². The van der Waals surface area contributed by atoms with Crippen molar-refractivity contribution in [3.05, 3.63) is 30.6 Å².